The van der Waals surface area contributed by atoms with Gasteiger partial charge < -0.3 is 9.64 Å². The number of imide groups is 1. The van der Waals surface area contributed by atoms with Crippen LogP contribution in [0.25, 0.3) is 0 Å². The molecular weight excluding hydrogens is 370 g/mol. The predicted molar refractivity (Wildman–Crippen MR) is 106 cm³/mol. The molecule has 5 rings (SSSR count). The summed E-state index contributed by atoms with van der Waals surface area (Å²) >= 11 is 0. The Hall–Kier alpha value is -2.67. The summed E-state index contributed by atoms with van der Waals surface area (Å²) in [6.07, 6.45) is 4.45. The molecule has 0 unspecified atom stereocenters. The quantitative estimate of drug-likeness (QED) is 0.579. The largest absolute Gasteiger partial charge is 0.453 e. The number of nitrogens with zero attached hydrogens (tertiary/aromatic N) is 3. The maximum atomic E-state index is 13.6. The third kappa shape index (κ3) is 3.44. The van der Waals surface area contributed by atoms with Crippen molar-refractivity contribution in [3.05, 3.63) is 48.0 Å². The molecule has 1 aromatic carbocycles. The molecule has 0 saturated carbocycles. The zero-order chi connectivity index (χ0) is 20.8. The van der Waals surface area contributed by atoms with Gasteiger partial charge >= 0.3 is 6.09 Å². The van der Waals surface area contributed by atoms with Gasteiger partial charge in [0.15, 0.2) is 0 Å². The van der Waals surface area contributed by atoms with Gasteiger partial charge in [0, 0.05) is 25.0 Å². The number of methoxy groups -OCH3 is 1. The molecule has 0 aromatic heterocycles. The van der Waals surface area contributed by atoms with Gasteiger partial charge in [-0.3, -0.25) is 9.59 Å². The monoisotopic (exact) mass is 397 g/mol. The van der Waals surface area contributed by atoms with Crippen LogP contribution >= 0.6 is 0 Å². The minimum atomic E-state index is -0.464. The fourth-order valence-electron chi connectivity index (χ4n) is 4.72. The number of hydrazine groups is 1. The molecule has 1 aliphatic carbocycles. The first-order valence-electron chi connectivity index (χ1n) is 10.0. The van der Waals surface area contributed by atoms with Crippen LogP contribution < -0.4 is 0 Å². The van der Waals surface area contributed by atoms with Crippen LogP contribution in [0.3, 0.4) is 0 Å². The van der Waals surface area contributed by atoms with Crippen molar-refractivity contribution in [3.8, 4) is 0 Å². The summed E-state index contributed by atoms with van der Waals surface area (Å²) in [6.45, 7) is 4.98. The van der Waals surface area contributed by atoms with E-state index in [2.05, 4.69) is 6.08 Å². The zero-order valence-electron chi connectivity index (χ0n) is 17.1. The lowest BCUT2D eigenvalue weighted by atomic mass is 9.77. The number of fused-ring (bicyclic) bond motifs is 2. The Morgan fingerprint density at radius 3 is 2.55 bits per heavy atom. The summed E-state index contributed by atoms with van der Waals surface area (Å²) in [6, 6.07) is 9.45. The normalized spacial score (nSPS) is 28.1. The van der Waals surface area contributed by atoms with Crippen LogP contribution in [0, 0.1) is 11.8 Å². The van der Waals surface area contributed by atoms with Gasteiger partial charge in [-0.15, -0.1) is 0 Å². The maximum Gasteiger partial charge on any atom is 0.410 e. The van der Waals surface area contributed by atoms with E-state index in [1.54, 1.807) is 4.90 Å². The van der Waals surface area contributed by atoms with E-state index in [0.717, 1.165) is 5.56 Å². The number of rotatable bonds is 3. The van der Waals surface area contributed by atoms with E-state index in [4.69, 9.17) is 4.74 Å². The summed E-state index contributed by atoms with van der Waals surface area (Å²) in [5.74, 6) is -0.772. The average Bonchev–Trinajstić information content (AvgIpc) is 2.95. The highest BCUT2D eigenvalue weighted by atomic mass is 16.5. The molecular formula is C22H27N3O4. The lowest BCUT2D eigenvalue weighted by Crippen LogP contribution is -2.59. The summed E-state index contributed by atoms with van der Waals surface area (Å²) in [5, 5.41) is 3.21. The summed E-state index contributed by atoms with van der Waals surface area (Å²) in [4.78, 5) is 40.3. The van der Waals surface area contributed by atoms with Crippen LogP contribution in [0.4, 0.5) is 4.79 Å². The van der Waals surface area contributed by atoms with E-state index >= 15 is 0 Å². The molecule has 2 fully saturated rings. The molecule has 154 valence electrons. The van der Waals surface area contributed by atoms with Crippen molar-refractivity contribution in [2.45, 2.75) is 44.8 Å². The molecule has 2 bridgehead atoms. The van der Waals surface area contributed by atoms with E-state index in [0.29, 0.717) is 19.5 Å². The van der Waals surface area contributed by atoms with Gasteiger partial charge in [0.25, 0.3) is 0 Å². The van der Waals surface area contributed by atoms with Crippen LogP contribution in [0.2, 0.25) is 0 Å². The molecule has 0 radical (unpaired) electrons. The van der Waals surface area contributed by atoms with Crippen molar-refractivity contribution in [2.75, 3.05) is 13.7 Å². The Bertz CT molecular complexity index is 851. The van der Waals surface area contributed by atoms with Gasteiger partial charge in [0.1, 0.15) is 0 Å². The van der Waals surface area contributed by atoms with Gasteiger partial charge in [-0.25, -0.2) is 14.8 Å². The number of hydrogen-bond acceptors (Lipinski definition) is 5. The van der Waals surface area contributed by atoms with Gasteiger partial charge in [0.05, 0.1) is 19.1 Å². The van der Waals surface area contributed by atoms with Crippen molar-refractivity contribution >= 4 is 17.9 Å². The van der Waals surface area contributed by atoms with Crippen molar-refractivity contribution < 1.29 is 19.1 Å². The predicted octanol–water partition coefficient (Wildman–Crippen LogP) is 2.58. The fraction of sp³-hybridized carbons (Fsp3) is 0.500. The third-order valence-corrected chi connectivity index (χ3v) is 6.21. The van der Waals surface area contributed by atoms with E-state index in [9.17, 15) is 14.4 Å². The van der Waals surface area contributed by atoms with Gasteiger partial charge in [-0.2, -0.15) is 0 Å². The maximum absolute atomic E-state index is 13.6. The van der Waals surface area contributed by atoms with Crippen molar-refractivity contribution in [2.24, 2.45) is 11.8 Å². The van der Waals surface area contributed by atoms with Crippen LogP contribution in [0.5, 0.6) is 0 Å². The smallest absolute Gasteiger partial charge is 0.410 e. The summed E-state index contributed by atoms with van der Waals surface area (Å²) in [5.41, 5.74) is 0.572. The molecule has 3 heterocycles. The van der Waals surface area contributed by atoms with Crippen molar-refractivity contribution in [3.63, 3.8) is 0 Å². The molecule has 29 heavy (non-hydrogen) atoms. The molecule has 1 aromatic rings. The highest BCUT2D eigenvalue weighted by molar-refractivity contribution is 5.98. The number of piperidine rings is 1. The highest BCUT2D eigenvalue weighted by Gasteiger charge is 2.52. The Kier molecular flexibility index (Phi) is 4.94. The number of carbonyl (C=O) groups is 3. The first-order chi connectivity index (χ1) is 13.8. The Morgan fingerprint density at radius 2 is 1.90 bits per heavy atom. The van der Waals surface area contributed by atoms with Gasteiger partial charge in [-0.1, -0.05) is 42.5 Å². The number of ether oxygens (including phenoxy) is 1. The van der Waals surface area contributed by atoms with E-state index in [-0.39, 0.29) is 30.2 Å². The number of benzene rings is 1. The molecule has 4 aliphatic rings. The van der Waals surface area contributed by atoms with Gasteiger partial charge in [-0.05, 0) is 31.7 Å². The van der Waals surface area contributed by atoms with Crippen molar-refractivity contribution in [1.29, 1.82) is 0 Å². The Morgan fingerprint density at radius 1 is 1.17 bits per heavy atom. The standard InChI is InChI=1S/C22H27N3O4/c1-22(2)12-19(26)25(24(22)14-15-7-5-4-6-8-15)20(27)17-11-16-9-10-18(17)23(13-16)21(28)29-3/h4-10,16-18H,11-14H2,1-3H3/t16-,17-,18+/m1/s1. The van der Waals surface area contributed by atoms with Crippen LogP contribution in [0.1, 0.15) is 32.3 Å². The minimum Gasteiger partial charge on any atom is -0.453 e. The fourth-order valence-corrected chi connectivity index (χ4v) is 4.72. The molecule has 0 spiro atoms. The second-order valence-corrected chi connectivity index (χ2v) is 8.68. The minimum absolute atomic E-state index is 0.0985. The first-order valence-corrected chi connectivity index (χ1v) is 10.0. The molecule has 0 N–H and O–H groups in total. The second-order valence-electron chi connectivity index (χ2n) is 8.68. The highest BCUT2D eigenvalue weighted by Crippen LogP contribution is 2.39. The van der Waals surface area contributed by atoms with Crippen LogP contribution in [-0.4, -0.2) is 58.1 Å². The van der Waals surface area contributed by atoms with E-state index in [1.807, 2.05) is 55.3 Å². The van der Waals surface area contributed by atoms with Crippen LogP contribution in [0.15, 0.2) is 42.5 Å². The SMILES string of the molecule is COC(=O)N1C[C@@H]2C=C[C@H]1[C@H](C(=O)N1C(=O)CC(C)(C)N1Cc1ccccc1)C2. The zero-order valence-corrected chi connectivity index (χ0v) is 17.1. The topological polar surface area (TPSA) is 70.2 Å². The summed E-state index contributed by atoms with van der Waals surface area (Å²) < 4.78 is 4.90. The van der Waals surface area contributed by atoms with Gasteiger partial charge in [0.2, 0.25) is 11.8 Å². The number of carbonyl (C=O) groups excluding carboxylic acids is 3. The van der Waals surface area contributed by atoms with E-state index in [1.165, 1.54) is 12.1 Å². The molecule has 3 amide bonds. The van der Waals surface area contributed by atoms with E-state index < -0.39 is 17.6 Å². The molecule has 7 nitrogen and oxygen atoms in total. The summed E-state index contributed by atoms with van der Waals surface area (Å²) in [7, 11) is 1.35. The lowest BCUT2D eigenvalue weighted by Gasteiger charge is -2.46. The molecule has 3 atom stereocenters. The number of amides is 3. The van der Waals surface area contributed by atoms with Crippen molar-refractivity contribution in [1.82, 2.24) is 14.9 Å². The molecule has 3 aliphatic heterocycles. The Balaban J connectivity index is 1.61. The Labute approximate surface area is 170 Å². The third-order valence-electron chi connectivity index (χ3n) is 6.21. The number of hydrogen-bond donors (Lipinski definition) is 0. The molecule has 7 heteroatoms. The first kappa shape index (κ1) is 19.6. The van der Waals surface area contributed by atoms with Crippen LogP contribution in [-0.2, 0) is 20.9 Å². The average molecular weight is 397 g/mol. The molecule has 2 saturated heterocycles. The lowest BCUT2D eigenvalue weighted by molar-refractivity contribution is -0.167. The second kappa shape index (κ2) is 7.30.